The maximum Gasteiger partial charge on any atom is 0.119 e. The largest absolute Gasteiger partial charge is 0.497 e. The van der Waals surface area contributed by atoms with Gasteiger partial charge in [-0.05, 0) is 78.8 Å². The lowest BCUT2D eigenvalue weighted by Crippen LogP contribution is -2.46. The molecule has 1 aliphatic carbocycles. The first-order valence-corrected chi connectivity index (χ1v) is 13.3. The molecule has 1 aliphatic heterocycles. The van der Waals surface area contributed by atoms with E-state index in [4.69, 9.17) is 9.47 Å². The van der Waals surface area contributed by atoms with Gasteiger partial charge >= 0.3 is 0 Å². The first-order chi connectivity index (χ1) is 16.6. The fourth-order valence-electron chi connectivity index (χ4n) is 5.55. The summed E-state index contributed by atoms with van der Waals surface area (Å²) < 4.78 is 11.9. The average molecular weight is 465 g/mol. The molecule has 2 aromatic carbocycles. The van der Waals surface area contributed by atoms with Gasteiger partial charge in [0.05, 0.1) is 20.3 Å². The molecule has 186 valence electrons. The monoisotopic (exact) mass is 464 g/mol. The fraction of sp³-hybridized carbons (Fsp3) is 0.600. The standard InChI is InChI=1S/C30H44N2O2/c1-4-14-30(2)15-17-32(22-25-10-11-25)27(19-26-12-13-28(33-3)20-29(26)30)23-34-18-16-31-21-24-8-6-5-7-9-24/h5-9,12-13,20,25,27,31H,4,10-11,14-19,21-23H2,1-3H3. The average Bonchev–Trinajstić information content (AvgIpc) is 3.67. The van der Waals surface area contributed by atoms with Crippen LogP contribution in [0.4, 0.5) is 0 Å². The number of nitrogens with one attached hydrogen (secondary N) is 1. The van der Waals surface area contributed by atoms with Crippen molar-refractivity contribution >= 4 is 0 Å². The molecule has 0 amide bonds. The van der Waals surface area contributed by atoms with E-state index in [-0.39, 0.29) is 5.41 Å². The molecule has 0 spiro atoms. The molecular formula is C30H44N2O2. The Morgan fingerprint density at radius 1 is 1.12 bits per heavy atom. The van der Waals surface area contributed by atoms with Gasteiger partial charge in [0, 0.05) is 25.7 Å². The van der Waals surface area contributed by atoms with Crippen molar-refractivity contribution in [2.75, 3.05) is 40.0 Å². The SMILES string of the molecule is CCCC1(C)CCN(CC2CC2)C(COCCNCc2ccccc2)Cc2ccc(OC)cc21. The predicted molar refractivity (Wildman–Crippen MR) is 141 cm³/mol. The molecule has 0 bridgehead atoms. The van der Waals surface area contributed by atoms with Crippen LogP contribution in [0.1, 0.15) is 62.6 Å². The zero-order valence-electron chi connectivity index (χ0n) is 21.5. The summed E-state index contributed by atoms with van der Waals surface area (Å²) in [6.45, 7) is 10.5. The van der Waals surface area contributed by atoms with Gasteiger partial charge in [0.2, 0.25) is 0 Å². The highest BCUT2D eigenvalue weighted by molar-refractivity contribution is 5.41. The molecule has 4 heteroatoms. The molecule has 0 saturated heterocycles. The number of benzene rings is 2. The summed E-state index contributed by atoms with van der Waals surface area (Å²) in [5.74, 6) is 1.87. The lowest BCUT2D eigenvalue weighted by Gasteiger charge is -2.41. The van der Waals surface area contributed by atoms with Crippen LogP contribution in [-0.4, -0.2) is 50.9 Å². The van der Waals surface area contributed by atoms with Crippen LogP contribution >= 0.6 is 0 Å². The fourth-order valence-corrected chi connectivity index (χ4v) is 5.55. The van der Waals surface area contributed by atoms with Gasteiger partial charge in [-0.3, -0.25) is 4.90 Å². The number of hydrogen-bond acceptors (Lipinski definition) is 4. The van der Waals surface area contributed by atoms with Crippen molar-refractivity contribution in [1.82, 2.24) is 10.2 Å². The zero-order chi connectivity index (χ0) is 23.8. The summed E-state index contributed by atoms with van der Waals surface area (Å²) in [7, 11) is 1.78. The van der Waals surface area contributed by atoms with Crippen LogP contribution in [0, 0.1) is 5.92 Å². The minimum Gasteiger partial charge on any atom is -0.497 e. The lowest BCUT2D eigenvalue weighted by atomic mass is 9.72. The Labute approximate surface area is 207 Å². The van der Waals surface area contributed by atoms with E-state index in [0.29, 0.717) is 6.04 Å². The first kappa shape index (κ1) is 25.2. The van der Waals surface area contributed by atoms with Crippen LogP contribution < -0.4 is 10.1 Å². The normalized spacial score (nSPS) is 23.2. The van der Waals surface area contributed by atoms with E-state index in [1.165, 1.54) is 55.3 Å². The molecule has 34 heavy (non-hydrogen) atoms. The highest BCUT2D eigenvalue weighted by Gasteiger charge is 2.36. The van der Waals surface area contributed by atoms with E-state index in [2.05, 4.69) is 72.6 Å². The van der Waals surface area contributed by atoms with Gasteiger partial charge in [0.15, 0.2) is 0 Å². The summed E-state index contributed by atoms with van der Waals surface area (Å²) in [4.78, 5) is 2.76. The summed E-state index contributed by atoms with van der Waals surface area (Å²) in [6, 6.07) is 17.8. The van der Waals surface area contributed by atoms with Crippen molar-refractivity contribution in [2.24, 2.45) is 5.92 Å². The van der Waals surface area contributed by atoms with Gasteiger partial charge in [-0.15, -0.1) is 0 Å². The van der Waals surface area contributed by atoms with E-state index in [0.717, 1.165) is 50.9 Å². The summed E-state index contributed by atoms with van der Waals surface area (Å²) in [5.41, 5.74) is 4.50. The van der Waals surface area contributed by atoms with E-state index in [1.54, 1.807) is 7.11 Å². The Hall–Kier alpha value is -1.88. The van der Waals surface area contributed by atoms with Gasteiger partial charge in [-0.2, -0.15) is 0 Å². The molecule has 2 unspecified atom stereocenters. The number of ether oxygens (including phenoxy) is 2. The first-order valence-electron chi connectivity index (χ1n) is 13.3. The molecule has 1 N–H and O–H groups in total. The number of fused-ring (bicyclic) bond motifs is 1. The van der Waals surface area contributed by atoms with Crippen molar-refractivity contribution < 1.29 is 9.47 Å². The minimum absolute atomic E-state index is 0.202. The van der Waals surface area contributed by atoms with E-state index < -0.39 is 0 Å². The second-order valence-corrected chi connectivity index (χ2v) is 10.6. The molecule has 4 nitrogen and oxygen atoms in total. The van der Waals surface area contributed by atoms with Crippen LogP contribution in [0.25, 0.3) is 0 Å². The third-order valence-electron chi connectivity index (χ3n) is 7.79. The van der Waals surface area contributed by atoms with Crippen molar-refractivity contribution in [3.8, 4) is 5.75 Å². The Balaban J connectivity index is 1.41. The molecule has 1 heterocycles. The Morgan fingerprint density at radius 3 is 2.68 bits per heavy atom. The summed E-state index contributed by atoms with van der Waals surface area (Å²) >= 11 is 0. The van der Waals surface area contributed by atoms with Gasteiger partial charge in [-0.1, -0.05) is 56.7 Å². The molecule has 1 fully saturated rings. The number of methoxy groups -OCH3 is 1. The number of hydrogen-bond donors (Lipinski definition) is 1. The van der Waals surface area contributed by atoms with E-state index in [9.17, 15) is 0 Å². The molecule has 2 aromatic rings. The highest BCUT2D eigenvalue weighted by Crippen LogP contribution is 2.40. The maximum absolute atomic E-state index is 6.27. The van der Waals surface area contributed by atoms with E-state index >= 15 is 0 Å². The Kier molecular flexibility index (Phi) is 9.04. The molecule has 0 aromatic heterocycles. The van der Waals surface area contributed by atoms with Gasteiger partial charge < -0.3 is 14.8 Å². The van der Waals surface area contributed by atoms with Gasteiger partial charge in [0.25, 0.3) is 0 Å². The highest BCUT2D eigenvalue weighted by atomic mass is 16.5. The van der Waals surface area contributed by atoms with Crippen molar-refractivity contribution in [3.63, 3.8) is 0 Å². The second-order valence-electron chi connectivity index (χ2n) is 10.6. The Morgan fingerprint density at radius 2 is 1.94 bits per heavy atom. The third kappa shape index (κ3) is 6.84. The topological polar surface area (TPSA) is 33.7 Å². The van der Waals surface area contributed by atoms with Crippen molar-refractivity contribution in [1.29, 1.82) is 0 Å². The summed E-state index contributed by atoms with van der Waals surface area (Å²) in [5, 5.41) is 3.52. The van der Waals surface area contributed by atoms with E-state index in [1.807, 2.05) is 0 Å². The number of rotatable bonds is 12. The molecule has 1 saturated carbocycles. The van der Waals surface area contributed by atoms with Crippen LogP contribution in [-0.2, 0) is 23.1 Å². The molecule has 0 radical (unpaired) electrons. The molecular weight excluding hydrogens is 420 g/mol. The van der Waals surface area contributed by atoms with Gasteiger partial charge in [-0.25, -0.2) is 0 Å². The van der Waals surface area contributed by atoms with Crippen LogP contribution in [0.2, 0.25) is 0 Å². The maximum atomic E-state index is 6.27. The Bertz CT molecular complexity index is 883. The lowest BCUT2D eigenvalue weighted by molar-refractivity contribution is 0.0510. The van der Waals surface area contributed by atoms with Crippen LogP contribution in [0.3, 0.4) is 0 Å². The minimum atomic E-state index is 0.202. The molecule has 2 aliphatic rings. The zero-order valence-corrected chi connectivity index (χ0v) is 21.5. The smallest absolute Gasteiger partial charge is 0.119 e. The molecule has 2 atom stereocenters. The molecule has 4 rings (SSSR count). The van der Waals surface area contributed by atoms with Crippen molar-refractivity contribution in [3.05, 3.63) is 65.2 Å². The van der Waals surface area contributed by atoms with Crippen molar-refractivity contribution in [2.45, 2.75) is 70.4 Å². The summed E-state index contributed by atoms with van der Waals surface area (Å²) in [6.07, 6.45) is 7.48. The predicted octanol–water partition coefficient (Wildman–Crippen LogP) is 5.59. The number of nitrogens with zero attached hydrogens (tertiary/aromatic N) is 1. The van der Waals surface area contributed by atoms with Crippen LogP contribution in [0.5, 0.6) is 5.75 Å². The second kappa shape index (κ2) is 12.2. The van der Waals surface area contributed by atoms with Gasteiger partial charge in [0.1, 0.15) is 5.75 Å². The quantitative estimate of drug-likeness (QED) is 0.416. The van der Waals surface area contributed by atoms with Crippen LogP contribution in [0.15, 0.2) is 48.5 Å². The third-order valence-corrected chi connectivity index (χ3v) is 7.79.